The molecule has 3 rings (SSSR count). The lowest BCUT2D eigenvalue weighted by Crippen LogP contribution is -2.23. The van der Waals surface area contributed by atoms with E-state index >= 15 is 0 Å². The number of hydrogen-bond acceptors (Lipinski definition) is 4. The predicted octanol–water partition coefficient (Wildman–Crippen LogP) is 4.04. The number of para-hydroxylation sites is 2. The molecule has 7 heteroatoms. The highest BCUT2D eigenvalue weighted by Gasteiger charge is 2.17. The Bertz CT molecular complexity index is 1160. The summed E-state index contributed by atoms with van der Waals surface area (Å²) in [6, 6.07) is 18.6. The Balaban J connectivity index is 1.69. The first-order valence-corrected chi connectivity index (χ1v) is 10.9. The lowest BCUT2D eigenvalue weighted by Gasteiger charge is -2.12. The monoisotopic (exact) mass is 424 g/mol. The molecule has 0 spiro atoms. The standard InChI is InChI=1S/C23H24N2O4S/c1-16-8-9-19(17(2)14-16)15-24-23(26)18-10-12-20(13-11-18)30(27,28)25-21-6-4-5-7-22(21)29-3/h4-14,25H,15H2,1-3H3,(H,24,26). The Morgan fingerprint density at radius 2 is 1.67 bits per heavy atom. The van der Waals surface area contributed by atoms with Crippen LogP contribution in [-0.2, 0) is 16.6 Å². The van der Waals surface area contributed by atoms with Gasteiger partial charge in [0, 0.05) is 12.1 Å². The van der Waals surface area contributed by atoms with Crippen molar-refractivity contribution in [3.63, 3.8) is 0 Å². The van der Waals surface area contributed by atoms with E-state index in [4.69, 9.17) is 4.74 Å². The minimum absolute atomic E-state index is 0.0549. The summed E-state index contributed by atoms with van der Waals surface area (Å²) in [6.45, 7) is 4.43. The molecule has 0 saturated heterocycles. The summed E-state index contributed by atoms with van der Waals surface area (Å²) >= 11 is 0. The molecule has 30 heavy (non-hydrogen) atoms. The molecule has 1 amide bonds. The van der Waals surface area contributed by atoms with Gasteiger partial charge in [0.1, 0.15) is 5.75 Å². The lowest BCUT2D eigenvalue weighted by molar-refractivity contribution is 0.0951. The molecule has 0 aromatic heterocycles. The highest BCUT2D eigenvalue weighted by molar-refractivity contribution is 7.92. The van der Waals surface area contributed by atoms with Gasteiger partial charge >= 0.3 is 0 Å². The van der Waals surface area contributed by atoms with Crippen molar-refractivity contribution in [2.75, 3.05) is 11.8 Å². The number of amides is 1. The molecule has 6 nitrogen and oxygen atoms in total. The fourth-order valence-corrected chi connectivity index (χ4v) is 4.11. The van der Waals surface area contributed by atoms with Crippen LogP contribution in [0.1, 0.15) is 27.0 Å². The summed E-state index contributed by atoms with van der Waals surface area (Å²) in [5.74, 6) is 0.153. The Kier molecular flexibility index (Phi) is 6.42. The van der Waals surface area contributed by atoms with Crippen LogP contribution in [0.5, 0.6) is 5.75 Å². The van der Waals surface area contributed by atoms with Crippen molar-refractivity contribution in [2.24, 2.45) is 0 Å². The van der Waals surface area contributed by atoms with E-state index in [0.717, 1.165) is 11.1 Å². The molecule has 3 aromatic carbocycles. The number of nitrogens with one attached hydrogen (secondary N) is 2. The Morgan fingerprint density at radius 3 is 2.33 bits per heavy atom. The van der Waals surface area contributed by atoms with Crippen LogP contribution in [0.15, 0.2) is 71.6 Å². The van der Waals surface area contributed by atoms with Crippen molar-refractivity contribution in [2.45, 2.75) is 25.3 Å². The third-order valence-corrected chi connectivity index (χ3v) is 6.10. The molecule has 0 fully saturated rings. The smallest absolute Gasteiger partial charge is 0.262 e. The minimum atomic E-state index is -3.82. The maximum atomic E-state index is 12.7. The summed E-state index contributed by atoms with van der Waals surface area (Å²) in [5, 5.41) is 2.87. The van der Waals surface area contributed by atoms with E-state index in [0.29, 0.717) is 23.5 Å². The first kappa shape index (κ1) is 21.4. The number of hydrogen-bond donors (Lipinski definition) is 2. The first-order chi connectivity index (χ1) is 14.3. The van der Waals surface area contributed by atoms with E-state index in [1.54, 1.807) is 24.3 Å². The van der Waals surface area contributed by atoms with E-state index in [1.807, 2.05) is 26.0 Å². The van der Waals surface area contributed by atoms with Gasteiger partial charge in [-0.15, -0.1) is 0 Å². The fourth-order valence-electron chi connectivity index (χ4n) is 3.04. The maximum absolute atomic E-state index is 12.7. The number of sulfonamides is 1. The molecule has 0 saturated carbocycles. The molecule has 0 atom stereocenters. The van der Waals surface area contributed by atoms with Crippen molar-refractivity contribution in [3.8, 4) is 5.75 Å². The van der Waals surface area contributed by atoms with Gasteiger partial charge < -0.3 is 10.1 Å². The molecule has 0 bridgehead atoms. The van der Waals surface area contributed by atoms with Crippen LogP contribution in [0.4, 0.5) is 5.69 Å². The van der Waals surface area contributed by atoms with Gasteiger partial charge in [-0.2, -0.15) is 0 Å². The van der Waals surface area contributed by atoms with Gasteiger partial charge in [0.15, 0.2) is 0 Å². The van der Waals surface area contributed by atoms with E-state index < -0.39 is 10.0 Å². The van der Waals surface area contributed by atoms with Crippen LogP contribution in [0, 0.1) is 13.8 Å². The predicted molar refractivity (Wildman–Crippen MR) is 117 cm³/mol. The second kappa shape index (κ2) is 9.00. The summed E-state index contributed by atoms with van der Waals surface area (Å²) < 4.78 is 33.0. The number of rotatable bonds is 7. The van der Waals surface area contributed by atoms with Gasteiger partial charge in [-0.3, -0.25) is 9.52 Å². The summed E-state index contributed by atoms with van der Waals surface area (Å²) in [6.07, 6.45) is 0. The van der Waals surface area contributed by atoms with Crippen molar-refractivity contribution in [1.82, 2.24) is 5.32 Å². The highest BCUT2D eigenvalue weighted by atomic mass is 32.2. The molecule has 0 aliphatic rings. The molecule has 3 aromatic rings. The molecule has 0 aliphatic heterocycles. The summed E-state index contributed by atoms with van der Waals surface area (Å²) in [7, 11) is -2.34. The Morgan fingerprint density at radius 1 is 0.967 bits per heavy atom. The van der Waals surface area contributed by atoms with Gasteiger partial charge in [-0.05, 0) is 61.4 Å². The van der Waals surface area contributed by atoms with Crippen LogP contribution in [-0.4, -0.2) is 21.4 Å². The van der Waals surface area contributed by atoms with Crippen LogP contribution in [0.3, 0.4) is 0 Å². The maximum Gasteiger partial charge on any atom is 0.262 e. The second-order valence-corrected chi connectivity index (χ2v) is 8.63. The molecular formula is C23H24N2O4S. The zero-order valence-corrected chi connectivity index (χ0v) is 17.9. The lowest BCUT2D eigenvalue weighted by atomic mass is 10.1. The van der Waals surface area contributed by atoms with E-state index in [9.17, 15) is 13.2 Å². The zero-order chi connectivity index (χ0) is 21.7. The second-order valence-electron chi connectivity index (χ2n) is 6.94. The van der Waals surface area contributed by atoms with Crippen LogP contribution in [0.2, 0.25) is 0 Å². The SMILES string of the molecule is COc1ccccc1NS(=O)(=O)c1ccc(C(=O)NCc2ccc(C)cc2C)cc1. The van der Waals surface area contributed by atoms with Gasteiger partial charge in [0.25, 0.3) is 15.9 Å². The molecule has 0 unspecified atom stereocenters. The zero-order valence-electron chi connectivity index (χ0n) is 17.1. The van der Waals surface area contributed by atoms with Gasteiger partial charge in [-0.25, -0.2) is 8.42 Å². The molecular weight excluding hydrogens is 400 g/mol. The number of aryl methyl sites for hydroxylation is 2. The molecule has 0 heterocycles. The van der Waals surface area contributed by atoms with Crippen molar-refractivity contribution in [3.05, 3.63) is 89.0 Å². The minimum Gasteiger partial charge on any atom is -0.495 e. The van der Waals surface area contributed by atoms with Gasteiger partial charge in [-0.1, -0.05) is 35.9 Å². The average Bonchev–Trinajstić information content (AvgIpc) is 2.73. The number of anilines is 1. The number of benzene rings is 3. The third-order valence-electron chi connectivity index (χ3n) is 4.72. The number of carbonyl (C=O) groups excluding carboxylic acids is 1. The van der Waals surface area contributed by atoms with E-state index in [1.165, 1.54) is 36.9 Å². The number of methoxy groups -OCH3 is 1. The molecule has 2 N–H and O–H groups in total. The largest absolute Gasteiger partial charge is 0.495 e. The van der Waals surface area contributed by atoms with Crippen LogP contribution >= 0.6 is 0 Å². The van der Waals surface area contributed by atoms with E-state index in [-0.39, 0.29) is 10.8 Å². The van der Waals surface area contributed by atoms with Crippen molar-refractivity contribution >= 4 is 21.6 Å². The molecule has 0 radical (unpaired) electrons. The Labute approximate surface area is 177 Å². The van der Waals surface area contributed by atoms with E-state index in [2.05, 4.69) is 16.1 Å². The highest BCUT2D eigenvalue weighted by Crippen LogP contribution is 2.26. The topological polar surface area (TPSA) is 84.5 Å². The fraction of sp³-hybridized carbons (Fsp3) is 0.174. The van der Waals surface area contributed by atoms with Gasteiger partial charge in [0.05, 0.1) is 17.7 Å². The number of ether oxygens (including phenoxy) is 1. The molecule has 0 aliphatic carbocycles. The van der Waals surface area contributed by atoms with Gasteiger partial charge in [0.2, 0.25) is 0 Å². The summed E-state index contributed by atoms with van der Waals surface area (Å²) in [5.41, 5.74) is 4.04. The first-order valence-electron chi connectivity index (χ1n) is 9.40. The third kappa shape index (κ3) is 4.99. The van der Waals surface area contributed by atoms with Crippen molar-refractivity contribution < 1.29 is 17.9 Å². The average molecular weight is 425 g/mol. The molecule has 156 valence electrons. The quantitative estimate of drug-likeness (QED) is 0.599. The summed E-state index contributed by atoms with van der Waals surface area (Å²) in [4.78, 5) is 12.5. The normalized spacial score (nSPS) is 11.0. The number of carbonyl (C=O) groups is 1. The van der Waals surface area contributed by atoms with Crippen molar-refractivity contribution in [1.29, 1.82) is 0 Å². The Hall–Kier alpha value is -3.32. The van der Waals surface area contributed by atoms with Crippen LogP contribution in [0.25, 0.3) is 0 Å². The van der Waals surface area contributed by atoms with Crippen LogP contribution < -0.4 is 14.8 Å².